The highest BCUT2D eigenvalue weighted by Gasteiger charge is 2.28. The molecule has 0 radical (unpaired) electrons. The Balaban J connectivity index is 1.90. The minimum Gasteiger partial charge on any atom is -0.482 e. The van der Waals surface area contributed by atoms with E-state index in [1.165, 1.54) is 0 Å². The number of rotatable bonds is 5. The Hall–Kier alpha value is -2.29. The molecule has 23 heavy (non-hydrogen) atoms. The Kier molecular flexibility index (Phi) is 5.09. The maximum absolute atomic E-state index is 11.9. The molecule has 1 aromatic carbocycles. The molecule has 2 rings (SSSR count). The molecule has 2 amide bonds. The Morgan fingerprint density at radius 1 is 1.48 bits per heavy atom. The molecule has 1 aliphatic rings. The molecule has 0 saturated carbocycles. The van der Waals surface area contributed by atoms with E-state index in [4.69, 9.17) is 4.74 Å². The summed E-state index contributed by atoms with van der Waals surface area (Å²) < 4.78 is 45.3. The van der Waals surface area contributed by atoms with Crippen molar-refractivity contribution in [1.82, 2.24) is 5.32 Å². The lowest BCUT2D eigenvalue weighted by atomic mass is 10.1. The molecule has 0 unspecified atom stereocenters. The van der Waals surface area contributed by atoms with Crippen molar-refractivity contribution in [2.24, 2.45) is 0 Å². The predicted molar refractivity (Wildman–Crippen MR) is 74.0 cm³/mol. The number of carbonyl (C=O) groups is 2. The molecule has 0 saturated heterocycles. The van der Waals surface area contributed by atoms with Gasteiger partial charge in [-0.25, -0.2) is 0 Å². The van der Waals surface area contributed by atoms with Crippen molar-refractivity contribution in [3.63, 3.8) is 0 Å². The van der Waals surface area contributed by atoms with Gasteiger partial charge >= 0.3 is 6.18 Å². The normalized spacial score (nSPS) is 15.2. The highest BCUT2D eigenvalue weighted by Crippen LogP contribution is 2.30. The zero-order valence-corrected chi connectivity index (χ0v) is 12.2. The van der Waals surface area contributed by atoms with Gasteiger partial charge in [-0.1, -0.05) is 6.07 Å². The Morgan fingerprint density at radius 3 is 2.91 bits per heavy atom. The zero-order chi connectivity index (χ0) is 17.0. The minimum absolute atomic E-state index is 0.0603. The van der Waals surface area contributed by atoms with E-state index < -0.39 is 31.3 Å². The first kappa shape index (κ1) is 17.1. The summed E-state index contributed by atoms with van der Waals surface area (Å²) in [6, 6.07) is 4.50. The molecule has 1 aromatic rings. The molecule has 0 bridgehead atoms. The summed E-state index contributed by atoms with van der Waals surface area (Å²) in [7, 11) is 0. The highest BCUT2D eigenvalue weighted by molar-refractivity contribution is 5.95. The van der Waals surface area contributed by atoms with E-state index in [0.29, 0.717) is 17.0 Å². The van der Waals surface area contributed by atoms with E-state index in [1.54, 1.807) is 25.1 Å². The summed E-state index contributed by atoms with van der Waals surface area (Å²) in [5.74, 6) is -0.438. The van der Waals surface area contributed by atoms with Crippen LogP contribution < -0.4 is 15.4 Å². The average Bonchev–Trinajstić information content (AvgIpc) is 2.44. The SMILES string of the molecule is C[C@H](NC(=O)COCC(F)(F)F)c1ccc2c(c1)NC(=O)CO2. The third-order valence-electron chi connectivity index (χ3n) is 3.01. The molecule has 0 aliphatic carbocycles. The van der Waals surface area contributed by atoms with Crippen LogP contribution in [0.3, 0.4) is 0 Å². The summed E-state index contributed by atoms with van der Waals surface area (Å²) in [6.45, 7) is -0.560. The van der Waals surface area contributed by atoms with Gasteiger partial charge in [-0.05, 0) is 24.6 Å². The van der Waals surface area contributed by atoms with Gasteiger partial charge in [-0.2, -0.15) is 13.2 Å². The lowest BCUT2D eigenvalue weighted by Gasteiger charge is -2.21. The van der Waals surface area contributed by atoms with Crippen molar-refractivity contribution in [2.45, 2.75) is 19.1 Å². The molecule has 0 fully saturated rings. The van der Waals surface area contributed by atoms with E-state index in [2.05, 4.69) is 15.4 Å². The number of hydrogen-bond acceptors (Lipinski definition) is 4. The molecule has 0 spiro atoms. The van der Waals surface area contributed by atoms with E-state index >= 15 is 0 Å². The van der Waals surface area contributed by atoms with Gasteiger partial charge in [0.05, 0.1) is 11.7 Å². The zero-order valence-electron chi connectivity index (χ0n) is 12.2. The molecule has 6 nitrogen and oxygen atoms in total. The minimum atomic E-state index is -4.47. The van der Waals surface area contributed by atoms with Crippen molar-refractivity contribution in [3.8, 4) is 5.75 Å². The van der Waals surface area contributed by atoms with Gasteiger partial charge in [0.25, 0.3) is 5.91 Å². The topological polar surface area (TPSA) is 76.7 Å². The van der Waals surface area contributed by atoms with E-state index in [1.807, 2.05) is 0 Å². The summed E-state index contributed by atoms with van der Waals surface area (Å²) in [4.78, 5) is 22.8. The van der Waals surface area contributed by atoms with E-state index in [0.717, 1.165) is 0 Å². The first-order chi connectivity index (χ1) is 10.7. The van der Waals surface area contributed by atoms with Crippen LogP contribution in [0.4, 0.5) is 18.9 Å². The largest absolute Gasteiger partial charge is 0.482 e. The number of fused-ring (bicyclic) bond motifs is 1. The van der Waals surface area contributed by atoms with Gasteiger partial charge < -0.3 is 20.1 Å². The first-order valence-corrected chi connectivity index (χ1v) is 6.75. The standard InChI is InChI=1S/C14H15F3N2O4/c1-8(18-12(20)5-22-7-14(15,16)17)9-2-3-11-10(4-9)19-13(21)6-23-11/h2-4,8H,5-7H2,1H3,(H,18,20)(H,19,21)/t8-/m0/s1. The molecule has 1 aliphatic heterocycles. The van der Waals surface area contributed by atoms with Crippen molar-refractivity contribution >= 4 is 17.5 Å². The van der Waals surface area contributed by atoms with Gasteiger partial charge in [0.1, 0.15) is 19.0 Å². The number of nitrogens with one attached hydrogen (secondary N) is 2. The third-order valence-corrected chi connectivity index (χ3v) is 3.01. The number of benzene rings is 1. The number of alkyl halides is 3. The molecule has 2 N–H and O–H groups in total. The second kappa shape index (κ2) is 6.86. The van der Waals surface area contributed by atoms with Crippen molar-refractivity contribution in [1.29, 1.82) is 0 Å². The number of ether oxygens (including phenoxy) is 2. The van der Waals surface area contributed by atoms with Gasteiger partial charge in [-0.15, -0.1) is 0 Å². The smallest absolute Gasteiger partial charge is 0.411 e. The van der Waals surface area contributed by atoms with Gasteiger partial charge in [-0.3, -0.25) is 9.59 Å². The number of carbonyl (C=O) groups excluding carboxylic acids is 2. The third kappa shape index (κ3) is 5.13. The van der Waals surface area contributed by atoms with Crippen molar-refractivity contribution < 1.29 is 32.2 Å². The van der Waals surface area contributed by atoms with E-state index in [-0.39, 0.29) is 12.5 Å². The maximum atomic E-state index is 11.9. The van der Waals surface area contributed by atoms with Crippen molar-refractivity contribution in [2.75, 3.05) is 25.1 Å². The van der Waals surface area contributed by atoms with Crippen LogP contribution in [0.1, 0.15) is 18.5 Å². The Labute approximate surface area is 129 Å². The van der Waals surface area contributed by atoms with Crippen LogP contribution in [0.2, 0.25) is 0 Å². The number of halogens is 3. The highest BCUT2D eigenvalue weighted by atomic mass is 19.4. The van der Waals surface area contributed by atoms with Crippen molar-refractivity contribution in [3.05, 3.63) is 23.8 Å². The summed E-state index contributed by atoms with van der Waals surface area (Å²) >= 11 is 0. The maximum Gasteiger partial charge on any atom is 0.411 e. The monoisotopic (exact) mass is 332 g/mol. The van der Waals surface area contributed by atoms with Crippen LogP contribution in [0.5, 0.6) is 5.75 Å². The fourth-order valence-electron chi connectivity index (χ4n) is 2.00. The Bertz CT molecular complexity index is 604. The summed E-state index contributed by atoms with van der Waals surface area (Å²) in [5, 5.41) is 5.15. The molecular formula is C14H15F3N2O4. The number of hydrogen-bond donors (Lipinski definition) is 2. The van der Waals surface area contributed by atoms with Crippen LogP contribution in [-0.4, -0.2) is 37.8 Å². The summed E-state index contributed by atoms with van der Waals surface area (Å²) in [6.07, 6.45) is -4.47. The molecule has 0 aromatic heterocycles. The second-order valence-corrected chi connectivity index (χ2v) is 4.99. The van der Waals surface area contributed by atoms with Crippen LogP contribution in [0, 0.1) is 0 Å². The van der Waals surface area contributed by atoms with Gasteiger partial charge in [0, 0.05) is 0 Å². The fourth-order valence-corrected chi connectivity index (χ4v) is 2.00. The number of anilines is 1. The van der Waals surface area contributed by atoms with E-state index in [9.17, 15) is 22.8 Å². The average molecular weight is 332 g/mol. The molecular weight excluding hydrogens is 317 g/mol. The van der Waals surface area contributed by atoms with Gasteiger partial charge in [0.2, 0.25) is 5.91 Å². The second-order valence-electron chi connectivity index (χ2n) is 4.99. The van der Waals surface area contributed by atoms with Crippen LogP contribution in [0.15, 0.2) is 18.2 Å². The quantitative estimate of drug-likeness (QED) is 0.862. The molecule has 126 valence electrons. The first-order valence-electron chi connectivity index (χ1n) is 6.75. The van der Waals surface area contributed by atoms with Crippen LogP contribution >= 0.6 is 0 Å². The lowest BCUT2D eigenvalue weighted by Crippen LogP contribution is -2.32. The molecule has 9 heteroatoms. The van der Waals surface area contributed by atoms with Gasteiger partial charge in [0.15, 0.2) is 6.61 Å². The fraction of sp³-hybridized carbons (Fsp3) is 0.429. The predicted octanol–water partition coefficient (Wildman–Crippen LogP) is 1.77. The molecule has 1 heterocycles. The Morgan fingerprint density at radius 2 is 2.22 bits per heavy atom. The van der Waals surface area contributed by atoms with Crippen LogP contribution in [0.25, 0.3) is 0 Å². The number of amides is 2. The summed E-state index contributed by atoms with van der Waals surface area (Å²) in [5.41, 5.74) is 1.15. The lowest BCUT2D eigenvalue weighted by molar-refractivity contribution is -0.175. The van der Waals surface area contributed by atoms with Crippen LogP contribution in [-0.2, 0) is 14.3 Å². The molecule has 1 atom stereocenters.